The minimum atomic E-state index is -4.37. The van der Waals surface area contributed by atoms with E-state index in [1.54, 1.807) is 0 Å². The van der Waals surface area contributed by atoms with Crippen LogP contribution in [0.25, 0.3) is 0 Å². The molecule has 2 N–H and O–H groups in total. The summed E-state index contributed by atoms with van der Waals surface area (Å²) < 4.78 is 37.7. The van der Waals surface area contributed by atoms with Crippen LogP contribution in [0.4, 0.5) is 13.2 Å². The summed E-state index contributed by atoms with van der Waals surface area (Å²) in [5.74, 6) is 0.0796. The molecule has 0 saturated heterocycles. The number of nitrogens with two attached hydrogens (primary N) is 1. The zero-order valence-corrected chi connectivity index (χ0v) is 11.7. The van der Waals surface area contributed by atoms with Crippen molar-refractivity contribution >= 4 is 24.0 Å². The highest BCUT2D eigenvalue weighted by Gasteiger charge is 2.31. The van der Waals surface area contributed by atoms with E-state index in [-0.39, 0.29) is 23.3 Å². The Kier molecular flexibility index (Phi) is 6.47. The van der Waals surface area contributed by atoms with Crippen LogP contribution in [0.2, 0.25) is 5.02 Å². The van der Waals surface area contributed by atoms with Gasteiger partial charge in [-0.25, -0.2) is 0 Å². The third-order valence-electron chi connectivity index (χ3n) is 2.94. The standard InChI is InChI=1S/C12H15ClF3N.ClH/c1-3-7(2)11(17)9-6-8(12(14,15)16)4-5-10(9)13;/h4-7,11H,3,17H2,1-2H3;1H/t7?,11-;/m1./s1. The predicted octanol–water partition coefficient (Wildman–Crippen LogP) is 4.83. The number of rotatable bonds is 3. The summed E-state index contributed by atoms with van der Waals surface area (Å²) in [5.41, 5.74) is 5.56. The average molecular weight is 302 g/mol. The van der Waals surface area contributed by atoms with Gasteiger partial charge in [0.25, 0.3) is 0 Å². The molecular weight excluding hydrogens is 286 g/mol. The molecule has 0 spiro atoms. The monoisotopic (exact) mass is 301 g/mol. The molecule has 0 aromatic heterocycles. The zero-order chi connectivity index (χ0) is 13.2. The molecule has 0 heterocycles. The van der Waals surface area contributed by atoms with E-state index in [9.17, 15) is 13.2 Å². The molecule has 104 valence electrons. The predicted molar refractivity (Wildman–Crippen MR) is 70.1 cm³/mol. The second-order valence-corrected chi connectivity index (χ2v) is 4.55. The van der Waals surface area contributed by atoms with Crippen molar-refractivity contribution in [2.75, 3.05) is 0 Å². The summed E-state index contributed by atoms with van der Waals surface area (Å²) in [6.45, 7) is 3.83. The fourth-order valence-corrected chi connectivity index (χ4v) is 1.78. The topological polar surface area (TPSA) is 26.0 Å². The first-order valence-corrected chi connectivity index (χ1v) is 5.77. The van der Waals surface area contributed by atoms with Gasteiger partial charge in [0.05, 0.1) is 5.56 Å². The molecule has 0 bridgehead atoms. The third kappa shape index (κ3) is 4.04. The lowest BCUT2D eigenvalue weighted by Crippen LogP contribution is -2.20. The number of halogens is 5. The van der Waals surface area contributed by atoms with Crippen molar-refractivity contribution in [3.8, 4) is 0 Å². The van der Waals surface area contributed by atoms with Gasteiger partial charge in [0, 0.05) is 11.1 Å². The molecule has 0 radical (unpaired) electrons. The Balaban J connectivity index is 0.00000289. The van der Waals surface area contributed by atoms with Crippen molar-refractivity contribution in [1.29, 1.82) is 0 Å². The first-order valence-electron chi connectivity index (χ1n) is 5.39. The second-order valence-electron chi connectivity index (χ2n) is 4.15. The summed E-state index contributed by atoms with van der Waals surface area (Å²) in [4.78, 5) is 0. The molecule has 1 unspecified atom stereocenters. The van der Waals surface area contributed by atoms with Gasteiger partial charge in [-0.2, -0.15) is 13.2 Å². The largest absolute Gasteiger partial charge is 0.416 e. The molecule has 1 aromatic rings. The van der Waals surface area contributed by atoms with Gasteiger partial charge in [-0.05, 0) is 29.7 Å². The van der Waals surface area contributed by atoms with Crippen molar-refractivity contribution in [3.63, 3.8) is 0 Å². The van der Waals surface area contributed by atoms with Crippen LogP contribution in [-0.4, -0.2) is 0 Å². The molecule has 1 aromatic carbocycles. The lowest BCUT2D eigenvalue weighted by molar-refractivity contribution is -0.137. The van der Waals surface area contributed by atoms with Gasteiger partial charge < -0.3 is 5.73 Å². The van der Waals surface area contributed by atoms with Crippen molar-refractivity contribution in [2.45, 2.75) is 32.5 Å². The summed E-state index contributed by atoms with van der Waals surface area (Å²) in [6, 6.07) is 2.78. The van der Waals surface area contributed by atoms with Crippen molar-refractivity contribution in [2.24, 2.45) is 11.7 Å². The zero-order valence-electron chi connectivity index (χ0n) is 10.1. The van der Waals surface area contributed by atoms with Crippen molar-refractivity contribution in [3.05, 3.63) is 34.3 Å². The Morgan fingerprint density at radius 2 is 1.89 bits per heavy atom. The molecule has 6 heteroatoms. The van der Waals surface area contributed by atoms with Crippen LogP contribution in [0, 0.1) is 5.92 Å². The molecule has 1 nitrogen and oxygen atoms in total. The van der Waals surface area contributed by atoms with E-state index in [2.05, 4.69) is 0 Å². The van der Waals surface area contributed by atoms with Gasteiger partial charge in [0.1, 0.15) is 0 Å². The molecule has 0 saturated carbocycles. The molecule has 0 aliphatic carbocycles. The smallest absolute Gasteiger partial charge is 0.324 e. The molecule has 0 amide bonds. The number of alkyl halides is 3. The molecule has 1 rings (SSSR count). The average Bonchev–Trinajstić information content (AvgIpc) is 2.26. The van der Waals surface area contributed by atoms with Gasteiger partial charge >= 0.3 is 6.18 Å². The van der Waals surface area contributed by atoms with Crippen LogP contribution in [-0.2, 0) is 6.18 Å². The Morgan fingerprint density at radius 3 is 2.33 bits per heavy atom. The van der Waals surface area contributed by atoms with E-state index >= 15 is 0 Å². The van der Waals surface area contributed by atoms with E-state index in [0.29, 0.717) is 5.56 Å². The third-order valence-corrected chi connectivity index (χ3v) is 3.28. The van der Waals surface area contributed by atoms with Crippen LogP contribution < -0.4 is 5.73 Å². The number of hydrogen-bond acceptors (Lipinski definition) is 1. The molecule has 0 aliphatic rings. The Morgan fingerprint density at radius 1 is 1.33 bits per heavy atom. The lowest BCUT2D eigenvalue weighted by atomic mass is 9.92. The van der Waals surface area contributed by atoms with Gasteiger partial charge in [0.15, 0.2) is 0 Å². The maximum atomic E-state index is 12.6. The van der Waals surface area contributed by atoms with Gasteiger partial charge in [-0.15, -0.1) is 12.4 Å². The van der Waals surface area contributed by atoms with Crippen molar-refractivity contribution < 1.29 is 13.2 Å². The van der Waals surface area contributed by atoms with E-state index in [1.165, 1.54) is 6.07 Å². The maximum Gasteiger partial charge on any atom is 0.416 e. The van der Waals surface area contributed by atoms with Gasteiger partial charge in [-0.3, -0.25) is 0 Å². The van der Waals surface area contributed by atoms with E-state index in [4.69, 9.17) is 17.3 Å². The van der Waals surface area contributed by atoms with E-state index in [1.807, 2.05) is 13.8 Å². The quantitative estimate of drug-likeness (QED) is 0.850. The molecule has 0 aliphatic heterocycles. The summed E-state index contributed by atoms with van der Waals surface area (Å²) in [7, 11) is 0. The van der Waals surface area contributed by atoms with Crippen LogP contribution >= 0.6 is 24.0 Å². The van der Waals surface area contributed by atoms with Gasteiger partial charge in [-0.1, -0.05) is 31.9 Å². The van der Waals surface area contributed by atoms with E-state index in [0.717, 1.165) is 18.6 Å². The minimum absolute atomic E-state index is 0. The molecule has 2 atom stereocenters. The normalized spacial score (nSPS) is 14.8. The fraction of sp³-hybridized carbons (Fsp3) is 0.500. The van der Waals surface area contributed by atoms with Crippen LogP contribution in [0.5, 0.6) is 0 Å². The Bertz CT molecular complexity index is 393. The lowest BCUT2D eigenvalue weighted by Gasteiger charge is -2.21. The van der Waals surface area contributed by atoms with Crippen LogP contribution in [0.3, 0.4) is 0 Å². The molecule has 18 heavy (non-hydrogen) atoms. The fourth-order valence-electron chi connectivity index (χ4n) is 1.54. The van der Waals surface area contributed by atoms with Crippen LogP contribution in [0.15, 0.2) is 18.2 Å². The first kappa shape index (κ1) is 17.6. The number of benzene rings is 1. The second kappa shape index (κ2) is 6.64. The van der Waals surface area contributed by atoms with Gasteiger partial charge in [0.2, 0.25) is 0 Å². The van der Waals surface area contributed by atoms with Crippen LogP contribution in [0.1, 0.15) is 37.4 Å². The highest BCUT2D eigenvalue weighted by Crippen LogP contribution is 2.35. The highest BCUT2D eigenvalue weighted by atomic mass is 35.5. The molecular formula is C12H16Cl2F3N. The highest BCUT2D eigenvalue weighted by molar-refractivity contribution is 6.31. The number of hydrogen-bond donors (Lipinski definition) is 1. The SMILES string of the molecule is CCC(C)[C@@H](N)c1cc(C(F)(F)F)ccc1Cl.Cl. The summed E-state index contributed by atoms with van der Waals surface area (Å²) >= 11 is 5.89. The van der Waals surface area contributed by atoms with E-state index < -0.39 is 17.8 Å². The minimum Gasteiger partial charge on any atom is -0.324 e. The summed E-state index contributed by atoms with van der Waals surface area (Å²) in [6.07, 6.45) is -3.58. The first-order chi connectivity index (χ1) is 7.77. The Hall–Kier alpha value is -0.450. The maximum absolute atomic E-state index is 12.6. The van der Waals surface area contributed by atoms with Crippen molar-refractivity contribution in [1.82, 2.24) is 0 Å². The molecule has 0 fully saturated rings. The summed E-state index contributed by atoms with van der Waals surface area (Å²) in [5, 5.41) is 0.283. The Labute approximate surface area is 116 Å².